The van der Waals surface area contributed by atoms with Crippen molar-refractivity contribution in [3.05, 3.63) is 58.2 Å². The number of rotatable bonds is 11. The summed E-state index contributed by atoms with van der Waals surface area (Å²) in [6.07, 6.45) is 3.86. The highest BCUT2D eigenvalue weighted by molar-refractivity contribution is 6.31. The van der Waals surface area contributed by atoms with Crippen LogP contribution in [0, 0.1) is 0 Å². The van der Waals surface area contributed by atoms with Crippen LogP contribution in [0.25, 0.3) is 11.3 Å². The summed E-state index contributed by atoms with van der Waals surface area (Å²) in [4.78, 5) is 15.4. The number of carbonyl (C=O) groups excluding carboxylic acids is 1. The van der Waals surface area contributed by atoms with E-state index in [1.807, 2.05) is 30.0 Å². The van der Waals surface area contributed by atoms with Crippen LogP contribution in [-0.4, -0.2) is 45.9 Å². The first-order valence-corrected chi connectivity index (χ1v) is 12.7. The lowest BCUT2D eigenvalue weighted by Crippen LogP contribution is -2.30. The smallest absolute Gasteiger partial charge is 0.273 e. The second-order valence-corrected chi connectivity index (χ2v) is 9.05. The van der Waals surface area contributed by atoms with Gasteiger partial charge in [0.15, 0.2) is 11.5 Å². The van der Waals surface area contributed by atoms with Gasteiger partial charge < -0.3 is 19.5 Å². The van der Waals surface area contributed by atoms with Crippen LogP contribution in [0.4, 0.5) is 0 Å². The van der Waals surface area contributed by atoms with E-state index in [1.54, 1.807) is 12.1 Å². The lowest BCUT2D eigenvalue weighted by molar-refractivity contribution is 0.0740. The van der Waals surface area contributed by atoms with E-state index in [2.05, 4.69) is 24.0 Å². The van der Waals surface area contributed by atoms with Crippen molar-refractivity contribution < 1.29 is 19.4 Å². The monoisotopic (exact) mass is 497 g/mol. The quantitative estimate of drug-likeness (QED) is 0.301. The molecule has 1 aromatic heterocycles. The largest absolute Gasteiger partial charge is 0.507 e. The van der Waals surface area contributed by atoms with Crippen molar-refractivity contribution in [2.45, 2.75) is 52.5 Å². The van der Waals surface area contributed by atoms with E-state index in [0.29, 0.717) is 53.2 Å². The molecule has 1 atom stereocenters. The molecule has 1 aliphatic heterocycles. The SMILES string of the molecule is CCCCCN1C(=O)c2[nH]nc(-c3cc(Cl)ccc3O)c2C1c1ccc(OCCC)c(OCC)c1. The van der Waals surface area contributed by atoms with Gasteiger partial charge in [0.05, 0.1) is 19.3 Å². The molecule has 0 fully saturated rings. The normalized spacial score (nSPS) is 14.9. The first-order chi connectivity index (χ1) is 17.0. The summed E-state index contributed by atoms with van der Waals surface area (Å²) in [7, 11) is 0. The number of nitrogens with one attached hydrogen (secondary N) is 1. The number of hydrogen-bond donors (Lipinski definition) is 2. The molecule has 0 spiro atoms. The molecule has 1 aliphatic rings. The zero-order valence-corrected chi connectivity index (χ0v) is 21.2. The van der Waals surface area contributed by atoms with Gasteiger partial charge >= 0.3 is 0 Å². The Morgan fingerprint density at radius 1 is 1.06 bits per heavy atom. The van der Waals surface area contributed by atoms with Crippen LogP contribution in [0.3, 0.4) is 0 Å². The number of aromatic amines is 1. The zero-order chi connectivity index (χ0) is 24.9. The zero-order valence-electron chi connectivity index (χ0n) is 20.4. The molecule has 0 bridgehead atoms. The van der Waals surface area contributed by atoms with E-state index in [1.165, 1.54) is 6.07 Å². The van der Waals surface area contributed by atoms with E-state index in [-0.39, 0.29) is 17.7 Å². The van der Waals surface area contributed by atoms with Gasteiger partial charge in [-0.25, -0.2) is 0 Å². The molecule has 1 unspecified atom stereocenters. The molecule has 186 valence electrons. The number of halogens is 1. The fraction of sp³-hybridized carbons (Fsp3) is 0.407. The van der Waals surface area contributed by atoms with Crippen LogP contribution in [-0.2, 0) is 0 Å². The van der Waals surface area contributed by atoms with Crippen molar-refractivity contribution in [1.29, 1.82) is 0 Å². The number of aromatic nitrogens is 2. The van der Waals surface area contributed by atoms with Gasteiger partial charge in [0.1, 0.15) is 17.1 Å². The maximum absolute atomic E-state index is 13.5. The lowest BCUT2D eigenvalue weighted by atomic mass is 9.95. The van der Waals surface area contributed by atoms with E-state index < -0.39 is 0 Å². The Morgan fingerprint density at radius 3 is 2.63 bits per heavy atom. The first kappa shape index (κ1) is 24.9. The standard InChI is InChI=1S/C27H32ClN3O4/c1-4-7-8-13-31-26(17-9-12-21(35-14-5-2)22(15-17)34-6-3)23-24(29-30-25(23)27(31)33)19-16-18(28)10-11-20(19)32/h9-12,15-16,26,32H,4-8,13-14H2,1-3H3,(H,29,30). The highest BCUT2D eigenvalue weighted by atomic mass is 35.5. The molecule has 1 amide bonds. The molecular formula is C27H32ClN3O4. The third-order valence-corrected chi connectivity index (χ3v) is 6.36. The molecular weight excluding hydrogens is 466 g/mol. The molecule has 2 N–H and O–H groups in total. The molecule has 4 rings (SSSR count). The molecule has 3 aromatic rings. The number of carbonyl (C=O) groups is 1. The van der Waals surface area contributed by atoms with Gasteiger partial charge in [-0.2, -0.15) is 5.10 Å². The third kappa shape index (κ3) is 4.96. The summed E-state index contributed by atoms with van der Waals surface area (Å²) in [5.74, 6) is 1.27. The van der Waals surface area contributed by atoms with Gasteiger partial charge in [0.25, 0.3) is 5.91 Å². The molecule has 2 heterocycles. The van der Waals surface area contributed by atoms with E-state index in [9.17, 15) is 9.90 Å². The van der Waals surface area contributed by atoms with E-state index in [4.69, 9.17) is 21.1 Å². The highest BCUT2D eigenvalue weighted by Gasteiger charge is 2.42. The van der Waals surface area contributed by atoms with Crippen molar-refractivity contribution in [2.75, 3.05) is 19.8 Å². The van der Waals surface area contributed by atoms with Crippen LogP contribution in [0.15, 0.2) is 36.4 Å². The number of nitrogens with zero attached hydrogens (tertiary/aromatic N) is 2. The molecule has 0 saturated heterocycles. The minimum Gasteiger partial charge on any atom is -0.507 e. The van der Waals surface area contributed by atoms with Crippen molar-refractivity contribution in [2.24, 2.45) is 0 Å². The molecule has 0 saturated carbocycles. The van der Waals surface area contributed by atoms with Crippen LogP contribution in [0.5, 0.6) is 17.2 Å². The number of phenols is 1. The number of hydrogen-bond acceptors (Lipinski definition) is 5. The van der Waals surface area contributed by atoms with Crippen LogP contribution < -0.4 is 9.47 Å². The number of ether oxygens (including phenoxy) is 2. The van der Waals surface area contributed by atoms with Crippen LogP contribution >= 0.6 is 11.6 Å². The molecule has 0 aliphatic carbocycles. The average molecular weight is 498 g/mol. The van der Waals surface area contributed by atoms with Gasteiger partial charge in [-0.05, 0) is 55.7 Å². The van der Waals surface area contributed by atoms with Gasteiger partial charge in [-0.3, -0.25) is 9.89 Å². The Morgan fingerprint density at radius 2 is 1.89 bits per heavy atom. The maximum atomic E-state index is 13.5. The van der Waals surface area contributed by atoms with Crippen LogP contribution in [0.2, 0.25) is 5.02 Å². The maximum Gasteiger partial charge on any atom is 0.273 e. The fourth-order valence-corrected chi connectivity index (χ4v) is 4.68. The van der Waals surface area contributed by atoms with Crippen molar-refractivity contribution in [3.8, 4) is 28.5 Å². The van der Waals surface area contributed by atoms with E-state index in [0.717, 1.165) is 36.8 Å². The number of fused-ring (bicyclic) bond motifs is 1. The highest BCUT2D eigenvalue weighted by Crippen LogP contribution is 2.46. The van der Waals surface area contributed by atoms with Crippen molar-refractivity contribution >= 4 is 17.5 Å². The molecule has 0 radical (unpaired) electrons. The average Bonchev–Trinajstić information content (AvgIpc) is 3.39. The molecule has 2 aromatic carbocycles. The van der Waals surface area contributed by atoms with Crippen molar-refractivity contribution in [1.82, 2.24) is 15.1 Å². The first-order valence-electron chi connectivity index (χ1n) is 12.3. The fourth-order valence-electron chi connectivity index (χ4n) is 4.50. The third-order valence-electron chi connectivity index (χ3n) is 6.13. The summed E-state index contributed by atoms with van der Waals surface area (Å²) < 4.78 is 11.8. The van der Waals surface area contributed by atoms with Crippen LogP contribution in [0.1, 0.15) is 74.1 Å². The lowest BCUT2D eigenvalue weighted by Gasteiger charge is -2.27. The second kappa shape index (κ2) is 11.0. The Balaban J connectivity index is 1.84. The number of aromatic hydroxyl groups is 1. The van der Waals surface area contributed by atoms with Gasteiger partial charge in [-0.15, -0.1) is 0 Å². The Labute approximate surface area is 211 Å². The van der Waals surface area contributed by atoms with Gasteiger partial charge in [0, 0.05) is 22.7 Å². The number of unbranched alkanes of at least 4 members (excludes halogenated alkanes) is 2. The van der Waals surface area contributed by atoms with Gasteiger partial charge in [0.2, 0.25) is 0 Å². The number of phenolic OH excluding ortho intramolecular Hbond substituents is 1. The summed E-state index contributed by atoms with van der Waals surface area (Å²) in [6.45, 7) is 7.82. The minimum absolute atomic E-state index is 0.0534. The Bertz CT molecular complexity index is 1190. The molecule has 8 heteroatoms. The number of amides is 1. The predicted molar refractivity (Wildman–Crippen MR) is 136 cm³/mol. The molecule has 35 heavy (non-hydrogen) atoms. The summed E-state index contributed by atoms with van der Waals surface area (Å²) in [6, 6.07) is 10.3. The van der Waals surface area contributed by atoms with E-state index >= 15 is 0 Å². The minimum atomic E-state index is -0.388. The van der Waals surface area contributed by atoms with Gasteiger partial charge in [-0.1, -0.05) is 44.4 Å². The number of benzene rings is 2. The molecule has 7 nitrogen and oxygen atoms in total. The topological polar surface area (TPSA) is 87.7 Å². The Hall–Kier alpha value is -3.19. The second-order valence-electron chi connectivity index (χ2n) is 8.62. The van der Waals surface area contributed by atoms with Crippen molar-refractivity contribution in [3.63, 3.8) is 0 Å². The summed E-state index contributed by atoms with van der Waals surface area (Å²) >= 11 is 6.24. The summed E-state index contributed by atoms with van der Waals surface area (Å²) in [5, 5.41) is 18.4. The summed E-state index contributed by atoms with van der Waals surface area (Å²) in [5.41, 5.74) is 3.06. The number of H-pyrrole nitrogens is 1. The Kier molecular flexibility index (Phi) is 7.86. The predicted octanol–water partition coefficient (Wildman–Crippen LogP) is 6.36.